The van der Waals surface area contributed by atoms with Crippen LogP contribution in [0.2, 0.25) is 0 Å². The molecular formula is C16H19NOS. The van der Waals surface area contributed by atoms with Gasteiger partial charge in [0.15, 0.2) is 0 Å². The van der Waals surface area contributed by atoms with E-state index in [0.717, 1.165) is 18.8 Å². The maximum Gasteiger partial charge on any atom is 0.122 e. The minimum absolute atomic E-state index is 0.375. The van der Waals surface area contributed by atoms with Crippen molar-refractivity contribution in [3.05, 3.63) is 51.7 Å². The number of ether oxygens (including phenoxy) is 1. The van der Waals surface area contributed by atoms with Crippen molar-refractivity contribution in [2.45, 2.75) is 19.4 Å². The van der Waals surface area contributed by atoms with Crippen molar-refractivity contribution in [1.82, 2.24) is 5.32 Å². The van der Waals surface area contributed by atoms with Crippen LogP contribution in [0.25, 0.3) is 0 Å². The standard InChI is InChI=1S/C16H19NOS/c1-11-14(7-8-19-11)16(17-2)13-9-12-5-3-4-6-15(12)18-10-13/h3-8,13,16-17H,9-10H2,1-2H3. The average molecular weight is 273 g/mol. The minimum Gasteiger partial charge on any atom is -0.493 e. The number of hydrogen-bond acceptors (Lipinski definition) is 3. The molecule has 100 valence electrons. The second-order valence-corrected chi connectivity index (χ2v) is 6.20. The molecule has 1 aromatic heterocycles. The van der Waals surface area contributed by atoms with Gasteiger partial charge in [0, 0.05) is 16.8 Å². The molecule has 1 aliphatic heterocycles. The first-order valence-corrected chi connectivity index (χ1v) is 7.59. The number of thiophene rings is 1. The van der Waals surface area contributed by atoms with E-state index in [2.05, 4.69) is 41.9 Å². The maximum atomic E-state index is 5.92. The normalized spacial score (nSPS) is 19.6. The lowest BCUT2D eigenvalue weighted by molar-refractivity contribution is 0.188. The fourth-order valence-corrected chi connectivity index (χ4v) is 3.68. The third kappa shape index (κ3) is 2.40. The van der Waals surface area contributed by atoms with Gasteiger partial charge in [-0.1, -0.05) is 18.2 Å². The van der Waals surface area contributed by atoms with Crippen LogP contribution in [-0.2, 0) is 6.42 Å². The van der Waals surface area contributed by atoms with Gasteiger partial charge in [0.2, 0.25) is 0 Å². The molecule has 1 aliphatic rings. The van der Waals surface area contributed by atoms with E-state index in [1.54, 1.807) is 0 Å². The predicted molar refractivity (Wildman–Crippen MR) is 80.0 cm³/mol. The Morgan fingerprint density at radius 1 is 1.32 bits per heavy atom. The van der Waals surface area contributed by atoms with Crippen LogP contribution in [0.3, 0.4) is 0 Å². The molecule has 19 heavy (non-hydrogen) atoms. The molecule has 2 atom stereocenters. The Kier molecular flexibility index (Phi) is 3.58. The summed E-state index contributed by atoms with van der Waals surface area (Å²) in [7, 11) is 2.04. The molecule has 0 amide bonds. The highest BCUT2D eigenvalue weighted by atomic mass is 32.1. The molecule has 0 radical (unpaired) electrons. The van der Waals surface area contributed by atoms with E-state index in [4.69, 9.17) is 4.74 Å². The predicted octanol–water partition coefficient (Wildman–Crippen LogP) is 3.57. The van der Waals surface area contributed by atoms with Gasteiger partial charge in [-0.2, -0.15) is 0 Å². The molecule has 0 saturated carbocycles. The zero-order valence-electron chi connectivity index (χ0n) is 11.3. The lowest BCUT2D eigenvalue weighted by Gasteiger charge is -2.31. The number of aryl methyl sites for hydroxylation is 1. The van der Waals surface area contributed by atoms with Crippen molar-refractivity contribution in [2.75, 3.05) is 13.7 Å². The first kappa shape index (κ1) is 12.7. The molecule has 0 spiro atoms. The highest BCUT2D eigenvalue weighted by Gasteiger charge is 2.28. The van der Waals surface area contributed by atoms with Crippen LogP contribution in [0.4, 0.5) is 0 Å². The van der Waals surface area contributed by atoms with Crippen LogP contribution in [0, 0.1) is 12.8 Å². The number of fused-ring (bicyclic) bond motifs is 1. The summed E-state index contributed by atoms with van der Waals surface area (Å²) in [5, 5.41) is 5.65. The zero-order chi connectivity index (χ0) is 13.2. The first-order valence-electron chi connectivity index (χ1n) is 6.71. The molecule has 0 saturated heterocycles. The summed E-state index contributed by atoms with van der Waals surface area (Å²) in [6.07, 6.45) is 1.08. The summed E-state index contributed by atoms with van der Waals surface area (Å²) in [6.45, 7) is 2.99. The second kappa shape index (κ2) is 5.35. The topological polar surface area (TPSA) is 21.3 Å². The Balaban J connectivity index is 1.85. The van der Waals surface area contributed by atoms with Gasteiger partial charge in [-0.05, 0) is 49.0 Å². The Hall–Kier alpha value is -1.32. The number of para-hydroxylation sites is 1. The molecule has 2 heterocycles. The molecule has 2 unspecified atom stereocenters. The molecule has 2 nitrogen and oxygen atoms in total. The molecule has 0 fully saturated rings. The van der Waals surface area contributed by atoms with Gasteiger partial charge in [-0.3, -0.25) is 0 Å². The highest BCUT2D eigenvalue weighted by molar-refractivity contribution is 7.10. The van der Waals surface area contributed by atoms with Crippen LogP contribution in [0.5, 0.6) is 5.75 Å². The molecule has 1 aromatic carbocycles. The van der Waals surface area contributed by atoms with Crippen LogP contribution >= 0.6 is 11.3 Å². The monoisotopic (exact) mass is 273 g/mol. The van der Waals surface area contributed by atoms with Crippen molar-refractivity contribution in [3.63, 3.8) is 0 Å². The Morgan fingerprint density at radius 2 is 2.16 bits per heavy atom. The van der Waals surface area contributed by atoms with E-state index in [9.17, 15) is 0 Å². The van der Waals surface area contributed by atoms with Gasteiger partial charge in [-0.25, -0.2) is 0 Å². The lowest BCUT2D eigenvalue weighted by Crippen LogP contribution is -2.33. The first-order chi connectivity index (χ1) is 9.29. The molecule has 0 bridgehead atoms. The number of benzene rings is 1. The number of rotatable bonds is 3. The van der Waals surface area contributed by atoms with Crippen LogP contribution < -0.4 is 10.1 Å². The van der Waals surface area contributed by atoms with Gasteiger partial charge < -0.3 is 10.1 Å². The van der Waals surface area contributed by atoms with E-state index in [1.807, 2.05) is 24.5 Å². The van der Waals surface area contributed by atoms with Gasteiger partial charge in [-0.15, -0.1) is 11.3 Å². The molecule has 3 heteroatoms. The molecule has 1 N–H and O–H groups in total. The second-order valence-electron chi connectivity index (χ2n) is 5.08. The van der Waals surface area contributed by atoms with E-state index < -0.39 is 0 Å². The SMILES string of the molecule is CNC(c1ccsc1C)C1COc2ccccc2C1. The van der Waals surface area contributed by atoms with E-state index >= 15 is 0 Å². The van der Waals surface area contributed by atoms with Crippen LogP contribution in [0.15, 0.2) is 35.7 Å². The smallest absolute Gasteiger partial charge is 0.122 e. The summed E-state index contributed by atoms with van der Waals surface area (Å²) in [4.78, 5) is 1.40. The third-order valence-corrected chi connectivity index (χ3v) is 4.79. The van der Waals surface area contributed by atoms with E-state index in [-0.39, 0.29) is 0 Å². The molecule has 2 aromatic rings. The third-order valence-electron chi connectivity index (χ3n) is 3.92. The summed E-state index contributed by atoms with van der Waals surface area (Å²) in [5.74, 6) is 1.55. The summed E-state index contributed by atoms with van der Waals surface area (Å²) in [5.41, 5.74) is 2.74. The summed E-state index contributed by atoms with van der Waals surface area (Å²) < 4.78 is 5.92. The van der Waals surface area contributed by atoms with Gasteiger partial charge in [0.25, 0.3) is 0 Å². The largest absolute Gasteiger partial charge is 0.493 e. The molecule has 3 rings (SSSR count). The maximum absolute atomic E-state index is 5.92. The quantitative estimate of drug-likeness (QED) is 0.923. The van der Waals surface area contributed by atoms with Gasteiger partial charge in [0.1, 0.15) is 5.75 Å². The Morgan fingerprint density at radius 3 is 2.89 bits per heavy atom. The number of nitrogens with one attached hydrogen (secondary N) is 1. The van der Waals surface area contributed by atoms with Crippen molar-refractivity contribution in [1.29, 1.82) is 0 Å². The van der Waals surface area contributed by atoms with Crippen molar-refractivity contribution < 1.29 is 4.74 Å². The zero-order valence-corrected chi connectivity index (χ0v) is 12.2. The lowest BCUT2D eigenvalue weighted by atomic mass is 9.87. The minimum atomic E-state index is 0.375. The molecular weight excluding hydrogens is 254 g/mol. The summed E-state index contributed by atoms with van der Waals surface area (Å²) >= 11 is 1.82. The van der Waals surface area contributed by atoms with Crippen molar-refractivity contribution >= 4 is 11.3 Å². The van der Waals surface area contributed by atoms with Crippen LogP contribution in [-0.4, -0.2) is 13.7 Å². The van der Waals surface area contributed by atoms with Crippen LogP contribution in [0.1, 0.15) is 22.0 Å². The highest BCUT2D eigenvalue weighted by Crippen LogP contribution is 2.35. The van der Waals surface area contributed by atoms with E-state index in [0.29, 0.717) is 12.0 Å². The Bertz CT molecular complexity index is 563. The fraction of sp³-hybridized carbons (Fsp3) is 0.375. The average Bonchev–Trinajstić information content (AvgIpc) is 2.86. The van der Waals surface area contributed by atoms with E-state index in [1.165, 1.54) is 16.0 Å². The Labute approximate surface area is 118 Å². The van der Waals surface area contributed by atoms with Crippen molar-refractivity contribution in [3.8, 4) is 5.75 Å². The molecule has 0 aliphatic carbocycles. The van der Waals surface area contributed by atoms with Crippen molar-refractivity contribution in [2.24, 2.45) is 5.92 Å². The van der Waals surface area contributed by atoms with Gasteiger partial charge in [0.05, 0.1) is 6.61 Å². The summed E-state index contributed by atoms with van der Waals surface area (Å²) in [6, 6.07) is 11.0. The van der Waals surface area contributed by atoms with Gasteiger partial charge >= 0.3 is 0 Å². The number of hydrogen-bond donors (Lipinski definition) is 1. The fourth-order valence-electron chi connectivity index (χ4n) is 2.93.